The van der Waals surface area contributed by atoms with Gasteiger partial charge in [0.2, 0.25) is 5.91 Å². The van der Waals surface area contributed by atoms with Gasteiger partial charge in [-0.2, -0.15) is 5.10 Å². The van der Waals surface area contributed by atoms with Crippen molar-refractivity contribution in [1.29, 1.82) is 0 Å². The zero-order valence-corrected chi connectivity index (χ0v) is 16.4. The van der Waals surface area contributed by atoms with Gasteiger partial charge in [0.1, 0.15) is 12.2 Å². The van der Waals surface area contributed by atoms with Crippen molar-refractivity contribution >= 4 is 5.91 Å². The first-order valence-electron chi connectivity index (χ1n) is 9.69. The normalized spacial score (nSPS) is 21.9. The maximum Gasteiger partial charge on any atom is 0.224 e. The van der Waals surface area contributed by atoms with Crippen LogP contribution in [0.5, 0.6) is 0 Å². The van der Waals surface area contributed by atoms with Gasteiger partial charge < -0.3 is 14.2 Å². The van der Waals surface area contributed by atoms with Gasteiger partial charge in [0, 0.05) is 63.3 Å². The van der Waals surface area contributed by atoms with Crippen LogP contribution >= 0.6 is 0 Å². The molecule has 1 atom stereocenters. The number of carbonyl (C=O) groups excluding carboxylic acids is 1. The second kappa shape index (κ2) is 7.07. The van der Waals surface area contributed by atoms with E-state index in [9.17, 15) is 4.79 Å². The van der Waals surface area contributed by atoms with Crippen LogP contribution in [0.15, 0.2) is 12.4 Å². The van der Waals surface area contributed by atoms with Crippen LogP contribution in [0, 0.1) is 19.3 Å². The number of ether oxygens (including phenoxy) is 1. The topological polar surface area (TPSA) is 78.1 Å². The first-order chi connectivity index (χ1) is 13.0. The monoisotopic (exact) mass is 372 g/mol. The Kier molecular flexibility index (Phi) is 4.75. The largest absolute Gasteiger partial charge is 0.381 e. The molecule has 146 valence electrons. The highest BCUT2D eigenvalue weighted by molar-refractivity contribution is 5.76. The standard InChI is InChI=1S/C19H28N6O2/c1-14-10-15(2)25(22-14)7-4-17(26)24-11-16(18-21-20-13-23(18)3)19(12-24)5-8-27-9-6-19/h10,13,16H,4-9,11-12H2,1-3H3. The van der Waals surface area contributed by atoms with Gasteiger partial charge in [0.25, 0.3) is 0 Å². The quantitative estimate of drug-likeness (QED) is 0.812. The van der Waals surface area contributed by atoms with Crippen LogP contribution in [-0.2, 0) is 23.1 Å². The minimum Gasteiger partial charge on any atom is -0.381 e. The molecular formula is C19H28N6O2. The lowest BCUT2D eigenvalue weighted by molar-refractivity contribution is -0.131. The Labute approximate surface area is 159 Å². The molecule has 0 N–H and O–H groups in total. The third-order valence-electron chi connectivity index (χ3n) is 6.19. The van der Waals surface area contributed by atoms with Crippen LogP contribution in [0.25, 0.3) is 0 Å². The van der Waals surface area contributed by atoms with Gasteiger partial charge in [-0.05, 0) is 32.8 Å². The molecule has 1 spiro atoms. The number of aryl methyl sites for hydroxylation is 4. The third-order valence-corrected chi connectivity index (χ3v) is 6.19. The number of aromatic nitrogens is 5. The molecule has 0 aromatic carbocycles. The number of amides is 1. The Morgan fingerprint density at radius 1 is 1.33 bits per heavy atom. The second-order valence-electron chi connectivity index (χ2n) is 8.00. The van der Waals surface area contributed by atoms with Crippen LogP contribution in [0.4, 0.5) is 0 Å². The lowest BCUT2D eigenvalue weighted by Crippen LogP contribution is -2.37. The minimum atomic E-state index is 0.0485. The molecule has 2 aliphatic rings. The molecule has 4 heterocycles. The number of carbonyl (C=O) groups is 1. The Morgan fingerprint density at radius 2 is 2.11 bits per heavy atom. The SMILES string of the molecule is Cc1cc(C)n(CCC(=O)N2CC(c3nncn3C)C3(CCOCC3)C2)n1. The summed E-state index contributed by atoms with van der Waals surface area (Å²) in [5.74, 6) is 1.38. The molecule has 2 aliphatic heterocycles. The highest BCUT2D eigenvalue weighted by Gasteiger charge is 2.50. The second-order valence-corrected chi connectivity index (χ2v) is 8.00. The number of likely N-dealkylation sites (tertiary alicyclic amines) is 1. The Balaban J connectivity index is 1.49. The van der Waals surface area contributed by atoms with Gasteiger partial charge in [0.05, 0.1) is 5.69 Å². The average molecular weight is 372 g/mol. The van der Waals surface area contributed by atoms with Crippen molar-refractivity contribution in [3.05, 3.63) is 29.6 Å². The molecule has 8 nitrogen and oxygen atoms in total. The van der Waals surface area contributed by atoms with Crippen LogP contribution < -0.4 is 0 Å². The zero-order chi connectivity index (χ0) is 19.0. The van der Waals surface area contributed by atoms with Gasteiger partial charge in [-0.25, -0.2) is 0 Å². The fourth-order valence-corrected chi connectivity index (χ4v) is 4.67. The predicted octanol–water partition coefficient (Wildman–Crippen LogP) is 1.44. The molecule has 0 radical (unpaired) electrons. The lowest BCUT2D eigenvalue weighted by atomic mass is 9.72. The minimum absolute atomic E-state index is 0.0485. The van der Waals surface area contributed by atoms with E-state index in [2.05, 4.69) is 15.3 Å². The highest BCUT2D eigenvalue weighted by Crippen LogP contribution is 2.48. The van der Waals surface area contributed by atoms with E-state index in [0.717, 1.165) is 49.8 Å². The van der Waals surface area contributed by atoms with Gasteiger partial charge >= 0.3 is 0 Å². The van der Waals surface area contributed by atoms with Crippen molar-refractivity contribution in [2.45, 2.75) is 45.6 Å². The van der Waals surface area contributed by atoms with Crippen molar-refractivity contribution < 1.29 is 9.53 Å². The average Bonchev–Trinajstić information content (AvgIpc) is 3.31. The Morgan fingerprint density at radius 3 is 2.74 bits per heavy atom. The first-order valence-corrected chi connectivity index (χ1v) is 9.69. The summed E-state index contributed by atoms with van der Waals surface area (Å²) < 4.78 is 9.53. The van der Waals surface area contributed by atoms with E-state index >= 15 is 0 Å². The number of hydrogen-bond acceptors (Lipinski definition) is 5. The van der Waals surface area contributed by atoms with Crippen molar-refractivity contribution in [3.63, 3.8) is 0 Å². The van der Waals surface area contributed by atoms with Crippen molar-refractivity contribution in [3.8, 4) is 0 Å². The van der Waals surface area contributed by atoms with Crippen LogP contribution in [0.3, 0.4) is 0 Å². The summed E-state index contributed by atoms with van der Waals surface area (Å²) in [5.41, 5.74) is 2.14. The molecule has 27 heavy (non-hydrogen) atoms. The smallest absolute Gasteiger partial charge is 0.224 e. The molecule has 2 fully saturated rings. The number of nitrogens with zero attached hydrogens (tertiary/aromatic N) is 6. The van der Waals surface area contributed by atoms with Gasteiger partial charge in [-0.3, -0.25) is 9.48 Å². The summed E-state index contributed by atoms with van der Waals surface area (Å²) in [6.07, 6.45) is 4.15. The summed E-state index contributed by atoms with van der Waals surface area (Å²) in [4.78, 5) is 15.0. The maximum absolute atomic E-state index is 13.0. The van der Waals surface area contributed by atoms with Crippen molar-refractivity contribution in [2.75, 3.05) is 26.3 Å². The van der Waals surface area contributed by atoms with Crippen molar-refractivity contribution in [2.24, 2.45) is 12.5 Å². The van der Waals surface area contributed by atoms with E-state index in [1.165, 1.54) is 0 Å². The molecule has 8 heteroatoms. The predicted molar refractivity (Wildman–Crippen MR) is 99.1 cm³/mol. The molecule has 1 amide bonds. The Hall–Kier alpha value is -2.22. The zero-order valence-electron chi connectivity index (χ0n) is 16.4. The maximum atomic E-state index is 13.0. The summed E-state index contributed by atoms with van der Waals surface area (Å²) in [5, 5.41) is 12.9. The van der Waals surface area contributed by atoms with Crippen LogP contribution in [-0.4, -0.2) is 61.7 Å². The fourth-order valence-electron chi connectivity index (χ4n) is 4.67. The van der Waals surface area contributed by atoms with Gasteiger partial charge in [0.15, 0.2) is 0 Å². The van der Waals surface area contributed by atoms with Crippen LogP contribution in [0.1, 0.15) is 42.4 Å². The van der Waals surface area contributed by atoms with E-state index in [4.69, 9.17) is 4.74 Å². The molecule has 2 aromatic rings. The summed E-state index contributed by atoms with van der Waals surface area (Å²) in [6.45, 7) is 7.63. The summed E-state index contributed by atoms with van der Waals surface area (Å²) in [6, 6.07) is 2.04. The van der Waals surface area contributed by atoms with E-state index in [1.54, 1.807) is 6.33 Å². The summed E-state index contributed by atoms with van der Waals surface area (Å²) in [7, 11) is 1.98. The first kappa shape index (κ1) is 18.2. The van der Waals surface area contributed by atoms with E-state index < -0.39 is 0 Å². The number of hydrogen-bond donors (Lipinski definition) is 0. The van der Waals surface area contributed by atoms with E-state index in [0.29, 0.717) is 19.5 Å². The molecule has 0 aliphatic carbocycles. The molecule has 0 bridgehead atoms. The van der Waals surface area contributed by atoms with Crippen molar-refractivity contribution in [1.82, 2.24) is 29.4 Å². The molecule has 2 aromatic heterocycles. The molecular weight excluding hydrogens is 344 g/mol. The van der Waals surface area contributed by atoms with Gasteiger partial charge in [-0.15, -0.1) is 10.2 Å². The Bertz CT molecular complexity index is 820. The molecule has 2 saturated heterocycles. The van der Waals surface area contributed by atoms with Gasteiger partial charge in [-0.1, -0.05) is 0 Å². The third kappa shape index (κ3) is 3.38. The van der Waals surface area contributed by atoms with E-state index in [1.807, 2.05) is 41.1 Å². The molecule has 4 rings (SSSR count). The van der Waals surface area contributed by atoms with E-state index in [-0.39, 0.29) is 17.2 Å². The van der Waals surface area contributed by atoms with Crippen LogP contribution in [0.2, 0.25) is 0 Å². The highest BCUT2D eigenvalue weighted by atomic mass is 16.5. The lowest BCUT2D eigenvalue weighted by Gasteiger charge is -2.37. The fraction of sp³-hybridized carbons (Fsp3) is 0.684. The molecule has 0 saturated carbocycles. The number of rotatable bonds is 4. The molecule has 1 unspecified atom stereocenters. The summed E-state index contributed by atoms with van der Waals surface area (Å²) >= 11 is 0.